The maximum absolute atomic E-state index is 14.2. The molecule has 5 rings (SSSR count). The van der Waals surface area contributed by atoms with Crippen LogP contribution >= 0.6 is 11.8 Å². The molecule has 0 unspecified atom stereocenters. The highest BCUT2D eigenvalue weighted by Gasteiger charge is 2.30. The van der Waals surface area contributed by atoms with E-state index in [9.17, 15) is 9.18 Å². The maximum Gasteiger partial charge on any atom is 0.231 e. The van der Waals surface area contributed by atoms with E-state index in [2.05, 4.69) is 15.5 Å². The van der Waals surface area contributed by atoms with Gasteiger partial charge >= 0.3 is 0 Å². The Morgan fingerprint density at radius 1 is 1.17 bits per heavy atom. The van der Waals surface area contributed by atoms with Crippen LogP contribution in [0.25, 0.3) is 11.4 Å². The average molecular weight is 426 g/mol. The molecule has 9 heteroatoms. The van der Waals surface area contributed by atoms with Crippen molar-refractivity contribution in [3.8, 4) is 22.9 Å². The van der Waals surface area contributed by atoms with Crippen LogP contribution in [-0.4, -0.2) is 33.2 Å². The van der Waals surface area contributed by atoms with Crippen molar-refractivity contribution >= 4 is 23.4 Å². The fourth-order valence-electron chi connectivity index (χ4n) is 3.30. The average Bonchev–Trinajstić information content (AvgIpc) is 3.32. The van der Waals surface area contributed by atoms with Gasteiger partial charge in [-0.15, -0.1) is 10.2 Å². The third kappa shape index (κ3) is 3.85. The number of fused-ring (bicyclic) bond motifs is 1. The molecular formula is C21H19FN4O3S. The number of thioether (sulfide) groups is 1. The van der Waals surface area contributed by atoms with E-state index in [0.29, 0.717) is 51.9 Å². The van der Waals surface area contributed by atoms with Gasteiger partial charge in [-0.1, -0.05) is 23.9 Å². The third-order valence-electron chi connectivity index (χ3n) is 4.91. The molecule has 1 saturated carbocycles. The van der Waals surface area contributed by atoms with Crippen molar-refractivity contribution in [2.45, 2.75) is 30.5 Å². The number of nitrogens with zero attached hydrogens (tertiary/aromatic N) is 3. The van der Waals surface area contributed by atoms with E-state index >= 15 is 0 Å². The fraction of sp³-hybridized carbons (Fsp3) is 0.286. The molecule has 1 aliphatic carbocycles. The Morgan fingerprint density at radius 3 is 2.83 bits per heavy atom. The molecular weight excluding hydrogens is 407 g/mol. The van der Waals surface area contributed by atoms with Crippen molar-refractivity contribution in [3.63, 3.8) is 0 Å². The quantitative estimate of drug-likeness (QED) is 0.569. The fourth-order valence-corrected chi connectivity index (χ4v) is 4.24. The number of anilines is 1. The molecule has 1 amide bonds. The number of rotatable bonds is 7. The van der Waals surface area contributed by atoms with E-state index in [1.54, 1.807) is 36.4 Å². The van der Waals surface area contributed by atoms with E-state index in [1.807, 2.05) is 4.57 Å². The Hall–Kier alpha value is -3.07. The molecule has 0 atom stereocenters. The zero-order valence-electron chi connectivity index (χ0n) is 16.0. The zero-order chi connectivity index (χ0) is 20.5. The predicted molar refractivity (Wildman–Crippen MR) is 110 cm³/mol. The Kier molecular flexibility index (Phi) is 5.04. The second-order valence-corrected chi connectivity index (χ2v) is 8.16. The molecule has 0 bridgehead atoms. The van der Waals surface area contributed by atoms with E-state index in [1.165, 1.54) is 17.8 Å². The van der Waals surface area contributed by atoms with Gasteiger partial charge in [0.15, 0.2) is 22.5 Å². The van der Waals surface area contributed by atoms with Crippen molar-refractivity contribution in [2.75, 3.05) is 17.9 Å². The van der Waals surface area contributed by atoms with Crippen molar-refractivity contribution in [1.29, 1.82) is 0 Å². The van der Waals surface area contributed by atoms with Gasteiger partial charge in [0.2, 0.25) is 12.7 Å². The van der Waals surface area contributed by atoms with Gasteiger partial charge in [-0.05, 0) is 37.1 Å². The summed E-state index contributed by atoms with van der Waals surface area (Å²) in [7, 11) is 0. The van der Waals surface area contributed by atoms with E-state index in [0.717, 1.165) is 12.8 Å². The minimum absolute atomic E-state index is 0.104. The second-order valence-electron chi connectivity index (χ2n) is 7.10. The lowest BCUT2D eigenvalue weighted by atomic mass is 10.2. The molecule has 1 fully saturated rings. The summed E-state index contributed by atoms with van der Waals surface area (Å²) in [6.07, 6.45) is 2.36. The smallest absolute Gasteiger partial charge is 0.231 e. The van der Waals surface area contributed by atoms with Crippen LogP contribution in [0.2, 0.25) is 0 Å². The van der Waals surface area contributed by atoms with E-state index < -0.39 is 0 Å². The highest BCUT2D eigenvalue weighted by Crippen LogP contribution is 2.41. The summed E-state index contributed by atoms with van der Waals surface area (Å²) in [6, 6.07) is 12.2. The normalized spacial score (nSPS) is 14.7. The van der Waals surface area contributed by atoms with Crippen LogP contribution in [-0.2, 0) is 4.79 Å². The highest BCUT2D eigenvalue weighted by atomic mass is 32.2. The Morgan fingerprint density at radius 2 is 2.00 bits per heavy atom. The van der Waals surface area contributed by atoms with Gasteiger partial charge in [-0.2, -0.15) is 0 Å². The molecule has 2 aliphatic rings. The first kappa shape index (κ1) is 18.9. The number of amides is 1. The van der Waals surface area contributed by atoms with E-state index in [4.69, 9.17) is 9.47 Å². The van der Waals surface area contributed by atoms with Crippen LogP contribution in [0.15, 0.2) is 47.6 Å². The van der Waals surface area contributed by atoms with Crippen molar-refractivity contribution in [1.82, 2.24) is 14.8 Å². The molecule has 0 radical (unpaired) electrons. The molecule has 2 heterocycles. The molecule has 0 spiro atoms. The third-order valence-corrected chi connectivity index (χ3v) is 5.85. The summed E-state index contributed by atoms with van der Waals surface area (Å²) in [5.74, 6) is 1.97. The molecule has 1 aromatic heterocycles. The summed E-state index contributed by atoms with van der Waals surface area (Å²) in [4.78, 5) is 12.3. The Bertz CT molecular complexity index is 1100. The van der Waals surface area contributed by atoms with Crippen LogP contribution in [0.4, 0.5) is 10.1 Å². The molecule has 1 N–H and O–H groups in total. The van der Waals surface area contributed by atoms with Gasteiger partial charge in [-0.25, -0.2) is 4.39 Å². The molecule has 0 saturated heterocycles. The topological polar surface area (TPSA) is 78.3 Å². The molecule has 7 nitrogen and oxygen atoms in total. The van der Waals surface area contributed by atoms with Gasteiger partial charge in [0.1, 0.15) is 5.82 Å². The SMILES string of the molecule is O=C(CCSc1nnc(-c2ccccc2F)n1C1CC1)Nc1ccc2c(c1)OCO2. The van der Waals surface area contributed by atoms with E-state index in [-0.39, 0.29) is 18.5 Å². The largest absolute Gasteiger partial charge is 0.454 e. The standard InChI is InChI=1S/C21H19FN4O3S/c22-16-4-2-1-3-15(16)20-24-25-21(26(20)14-6-7-14)30-10-9-19(27)23-13-5-8-17-18(11-13)29-12-28-17/h1-5,8,11,14H,6-7,9-10,12H2,(H,23,27). The lowest BCUT2D eigenvalue weighted by Crippen LogP contribution is -2.12. The lowest BCUT2D eigenvalue weighted by Gasteiger charge is -2.09. The first-order chi connectivity index (χ1) is 14.7. The molecule has 2 aromatic carbocycles. The number of carbonyl (C=O) groups is 1. The minimum Gasteiger partial charge on any atom is -0.454 e. The summed E-state index contributed by atoms with van der Waals surface area (Å²) < 4.78 is 26.8. The van der Waals surface area contributed by atoms with Gasteiger partial charge in [0.05, 0.1) is 5.56 Å². The van der Waals surface area contributed by atoms with Crippen LogP contribution in [0.5, 0.6) is 11.5 Å². The zero-order valence-corrected chi connectivity index (χ0v) is 16.8. The van der Waals surface area contributed by atoms with Gasteiger partial charge in [-0.3, -0.25) is 9.36 Å². The lowest BCUT2D eigenvalue weighted by molar-refractivity contribution is -0.115. The first-order valence-electron chi connectivity index (χ1n) is 9.71. The molecule has 30 heavy (non-hydrogen) atoms. The summed E-state index contributed by atoms with van der Waals surface area (Å²) >= 11 is 1.46. The van der Waals surface area contributed by atoms with Crippen molar-refractivity contribution < 1.29 is 18.7 Å². The Balaban J connectivity index is 1.23. The number of hydrogen-bond acceptors (Lipinski definition) is 6. The van der Waals surface area contributed by atoms with Crippen molar-refractivity contribution in [3.05, 3.63) is 48.3 Å². The number of aromatic nitrogens is 3. The number of halogens is 1. The highest BCUT2D eigenvalue weighted by molar-refractivity contribution is 7.99. The number of ether oxygens (including phenoxy) is 2. The second kappa shape index (κ2) is 7.98. The molecule has 1 aliphatic heterocycles. The summed E-state index contributed by atoms with van der Waals surface area (Å²) in [5, 5.41) is 12.1. The van der Waals surface area contributed by atoms with Crippen LogP contribution in [0, 0.1) is 5.82 Å². The number of nitrogens with one attached hydrogen (secondary N) is 1. The monoisotopic (exact) mass is 426 g/mol. The Labute approximate surface area is 176 Å². The summed E-state index contributed by atoms with van der Waals surface area (Å²) in [5.41, 5.74) is 1.11. The minimum atomic E-state index is -0.313. The molecule has 3 aromatic rings. The van der Waals surface area contributed by atoms with Gasteiger partial charge in [0, 0.05) is 30.0 Å². The summed E-state index contributed by atoms with van der Waals surface area (Å²) in [6.45, 7) is 0.194. The van der Waals surface area contributed by atoms with Crippen LogP contribution in [0.1, 0.15) is 25.3 Å². The van der Waals surface area contributed by atoms with Crippen LogP contribution < -0.4 is 14.8 Å². The first-order valence-corrected chi connectivity index (χ1v) is 10.7. The number of benzene rings is 2. The van der Waals surface area contributed by atoms with Gasteiger partial charge in [0.25, 0.3) is 0 Å². The number of hydrogen-bond donors (Lipinski definition) is 1. The van der Waals surface area contributed by atoms with Crippen molar-refractivity contribution in [2.24, 2.45) is 0 Å². The maximum atomic E-state index is 14.2. The molecule has 154 valence electrons. The number of carbonyl (C=O) groups excluding carboxylic acids is 1. The van der Waals surface area contributed by atoms with Gasteiger partial charge < -0.3 is 14.8 Å². The predicted octanol–water partition coefficient (Wildman–Crippen LogP) is 4.27. The van der Waals surface area contributed by atoms with Crippen LogP contribution in [0.3, 0.4) is 0 Å².